The number of halogens is 2. The van der Waals surface area contributed by atoms with Gasteiger partial charge in [0, 0.05) is 17.1 Å². The topological polar surface area (TPSA) is 46.2 Å². The van der Waals surface area contributed by atoms with E-state index < -0.39 is 12.3 Å². The highest BCUT2D eigenvalue weighted by Crippen LogP contribution is 2.27. The van der Waals surface area contributed by atoms with Gasteiger partial charge in [0.2, 0.25) is 0 Å². The van der Waals surface area contributed by atoms with Crippen molar-refractivity contribution in [2.75, 3.05) is 6.54 Å². The number of rotatable bonds is 3. The van der Waals surface area contributed by atoms with Gasteiger partial charge in [-0.2, -0.15) is 0 Å². The van der Waals surface area contributed by atoms with Crippen LogP contribution in [-0.4, -0.2) is 11.7 Å². The third kappa shape index (κ3) is 2.44. The van der Waals surface area contributed by atoms with Crippen LogP contribution in [0.5, 0.6) is 0 Å². The Morgan fingerprint density at radius 1 is 1.57 bits per heavy atom. The van der Waals surface area contributed by atoms with Crippen LogP contribution in [0.25, 0.3) is 0 Å². The molecule has 0 amide bonds. The van der Waals surface area contributed by atoms with Crippen molar-refractivity contribution in [2.45, 2.75) is 19.2 Å². The maximum absolute atomic E-state index is 12.9. The molecule has 2 atom stereocenters. The molecule has 2 unspecified atom stereocenters. The summed E-state index contributed by atoms with van der Waals surface area (Å²) >= 11 is 5.86. The monoisotopic (exact) mass is 217 g/mol. The second-order valence-corrected chi connectivity index (χ2v) is 3.56. The molecule has 0 radical (unpaired) electrons. The Morgan fingerprint density at radius 2 is 2.21 bits per heavy atom. The zero-order valence-electron chi connectivity index (χ0n) is 7.87. The Labute approximate surface area is 87.5 Å². The molecule has 0 fully saturated rings. The van der Waals surface area contributed by atoms with E-state index in [0.29, 0.717) is 16.1 Å². The predicted octanol–water partition coefficient (Wildman–Crippen LogP) is 2.36. The first-order valence-corrected chi connectivity index (χ1v) is 4.75. The second kappa shape index (κ2) is 4.73. The molecule has 78 valence electrons. The number of nitrogens with two attached hydrogens (primary N) is 1. The van der Waals surface area contributed by atoms with Crippen molar-refractivity contribution in [3.05, 3.63) is 34.3 Å². The van der Waals surface area contributed by atoms with Crippen molar-refractivity contribution in [1.82, 2.24) is 0 Å². The van der Waals surface area contributed by atoms with Crippen LogP contribution in [0.3, 0.4) is 0 Å². The van der Waals surface area contributed by atoms with Gasteiger partial charge in [-0.3, -0.25) is 0 Å². The van der Waals surface area contributed by atoms with Crippen molar-refractivity contribution >= 4 is 11.6 Å². The zero-order valence-corrected chi connectivity index (χ0v) is 8.63. The number of benzene rings is 1. The van der Waals surface area contributed by atoms with Crippen LogP contribution in [-0.2, 0) is 0 Å². The van der Waals surface area contributed by atoms with Crippen LogP contribution in [0.2, 0.25) is 5.02 Å². The van der Waals surface area contributed by atoms with Crippen LogP contribution in [0.15, 0.2) is 18.2 Å². The van der Waals surface area contributed by atoms with E-state index >= 15 is 0 Å². The van der Waals surface area contributed by atoms with Gasteiger partial charge in [0.15, 0.2) is 0 Å². The molecule has 0 heterocycles. The lowest BCUT2D eigenvalue weighted by molar-refractivity contribution is 0.187. The molecule has 0 aliphatic heterocycles. The maximum atomic E-state index is 12.9. The Hall–Kier alpha value is -0.640. The first-order chi connectivity index (χ1) is 6.56. The smallest absolute Gasteiger partial charge is 0.122 e. The Morgan fingerprint density at radius 3 is 2.64 bits per heavy atom. The minimum Gasteiger partial charge on any atom is -0.387 e. The summed E-state index contributed by atoms with van der Waals surface area (Å²) in [7, 11) is 0. The van der Waals surface area contributed by atoms with E-state index in [2.05, 4.69) is 0 Å². The van der Waals surface area contributed by atoms with Crippen molar-refractivity contribution in [3.8, 4) is 0 Å². The van der Waals surface area contributed by atoms with Crippen LogP contribution >= 0.6 is 11.6 Å². The molecule has 0 aliphatic rings. The van der Waals surface area contributed by atoms with Gasteiger partial charge in [-0.25, -0.2) is 4.39 Å². The molecular formula is C10H13ClFNO. The highest BCUT2D eigenvalue weighted by molar-refractivity contribution is 6.31. The summed E-state index contributed by atoms with van der Waals surface area (Å²) in [6.45, 7) is 1.54. The van der Waals surface area contributed by atoms with Crippen LogP contribution in [0, 0.1) is 0 Å². The lowest BCUT2D eigenvalue weighted by atomic mass is 10.0. The summed E-state index contributed by atoms with van der Waals surface area (Å²) in [5.41, 5.74) is 6.33. The number of alkyl halides is 1. The van der Waals surface area contributed by atoms with E-state index in [1.165, 1.54) is 13.0 Å². The summed E-state index contributed by atoms with van der Waals surface area (Å²) < 4.78 is 12.9. The van der Waals surface area contributed by atoms with Gasteiger partial charge >= 0.3 is 0 Å². The first-order valence-electron chi connectivity index (χ1n) is 4.37. The summed E-state index contributed by atoms with van der Waals surface area (Å²) in [6, 6.07) is 4.72. The minimum absolute atomic E-state index is 0.101. The molecule has 2 nitrogen and oxygen atoms in total. The lowest BCUT2D eigenvalue weighted by Gasteiger charge is -2.11. The predicted molar refractivity (Wildman–Crippen MR) is 55.0 cm³/mol. The zero-order chi connectivity index (χ0) is 10.7. The van der Waals surface area contributed by atoms with Crippen LogP contribution in [0.4, 0.5) is 4.39 Å². The second-order valence-electron chi connectivity index (χ2n) is 3.15. The number of hydrogen-bond donors (Lipinski definition) is 2. The van der Waals surface area contributed by atoms with Crippen molar-refractivity contribution in [2.24, 2.45) is 5.73 Å². The number of aliphatic hydroxyl groups excluding tert-OH is 1. The van der Waals surface area contributed by atoms with Gasteiger partial charge in [-0.05, 0) is 18.6 Å². The largest absolute Gasteiger partial charge is 0.387 e. The molecule has 14 heavy (non-hydrogen) atoms. The quantitative estimate of drug-likeness (QED) is 0.817. The van der Waals surface area contributed by atoms with E-state index in [4.69, 9.17) is 17.3 Å². The SMILES string of the molecule is CC(F)c1ccc(C(O)CN)c(Cl)c1. The van der Waals surface area contributed by atoms with Gasteiger partial charge in [0.1, 0.15) is 6.17 Å². The van der Waals surface area contributed by atoms with E-state index in [1.807, 2.05) is 0 Å². The molecule has 3 N–H and O–H groups in total. The van der Waals surface area contributed by atoms with E-state index in [9.17, 15) is 9.50 Å². The Balaban J connectivity index is 3.01. The van der Waals surface area contributed by atoms with Gasteiger partial charge in [-0.15, -0.1) is 0 Å². The molecule has 0 saturated carbocycles. The summed E-state index contributed by atoms with van der Waals surface area (Å²) in [5, 5.41) is 9.79. The molecule has 0 saturated heterocycles. The summed E-state index contributed by atoms with van der Waals surface area (Å²) in [5.74, 6) is 0. The first kappa shape index (κ1) is 11.4. The van der Waals surface area contributed by atoms with Gasteiger partial charge in [-0.1, -0.05) is 23.7 Å². The fourth-order valence-electron chi connectivity index (χ4n) is 1.19. The molecule has 0 bridgehead atoms. The highest BCUT2D eigenvalue weighted by Gasteiger charge is 2.11. The molecule has 1 rings (SSSR count). The Kier molecular flexibility index (Phi) is 3.86. The van der Waals surface area contributed by atoms with E-state index in [1.54, 1.807) is 12.1 Å². The van der Waals surface area contributed by atoms with Crippen molar-refractivity contribution in [1.29, 1.82) is 0 Å². The number of hydrogen-bond acceptors (Lipinski definition) is 2. The maximum Gasteiger partial charge on any atom is 0.122 e. The average Bonchev–Trinajstić information content (AvgIpc) is 2.16. The van der Waals surface area contributed by atoms with Gasteiger partial charge < -0.3 is 10.8 Å². The Bertz CT molecular complexity index is 317. The molecule has 0 spiro atoms. The van der Waals surface area contributed by atoms with Crippen LogP contribution < -0.4 is 5.73 Å². The van der Waals surface area contributed by atoms with Gasteiger partial charge in [0.05, 0.1) is 6.10 Å². The highest BCUT2D eigenvalue weighted by atomic mass is 35.5. The van der Waals surface area contributed by atoms with E-state index in [-0.39, 0.29) is 6.54 Å². The van der Waals surface area contributed by atoms with Gasteiger partial charge in [0.25, 0.3) is 0 Å². The molecule has 1 aromatic carbocycles. The fraction of sp³-hybridized carbons (Fsp3) is 0.400. The normalized spacial score (nSPS) is 15.2. The number of aliphatic hydroxyl groups is 1. The summed E-state index contributed by atoms with van der Waals surface area (Å²) in [6.07, 6.45) is -1.84. The molecule has 0 aliphatic carbocycles. The van der Waals surface area contributed by atoms with Crippen molar-refractivity contribution in [3.63, 3.8) is 0 Å². The average molecular weight is 218 g/mol. The fourth-order valence-corrected chi connectivity index (χ4v) is 1.50. The van der Waals surface area contributed by atoms with E-state index in [0.717, 1.165) is 0 Å². The molecular weight excluding hydrogens is 205 g/mol. The third-order valence-electron chi connectivity index (χ3n) is 2.07. The standard InChI is InChI=1S/C10H13ClFNO/c1-6(12)7-2-3-8(9(11)4-7)10(14)5-13/h2-4,6,10,14H,5,13H2,1H3. The minimum atomic E-state index is -1.06. The third-order valence-corrected chi connectivity index (χ3v) is 2.39. The summed E-state index contributed by atoms with van der Waals surface area (Å²) in [4.78, 5) is 0. The molecule has 0 aromatic heterocycles. The van der Waals surface area contributed by atoms with Crippen molar-refractivity contribution < 1.29 is 9.50 Å². The molecule has 4 heteroatoms. The van der Waals surface area contributed by atoms with Crippen LogP contribution in [0.1, 0.15) is 30.3 Å². The lowest BCUT2D eigenvalue weighted by Crippen LogP contribution is -2.12. The molecule has 1 aromatic rings.